The number of hydrogen-bond acceptors (Lipinski definition) is 3. The van der Waals surface area contributed by atoms with Crippen molar-refractivity contribution in [1.82, 2.24) is 9.13 Å². The van der Waals surface area contributed by atoms with E-state index in [4.69, 9.17) is 9.15 Å². The van der Waals surface area contributed by atoms with Crippen molar-refractivity contribution in [2.75, 3.05) is 4.90 Å². The van der Waals surface area contributed by atoms with Crippen molar-refractivity contribution < 1.29 is 9.15 Å². The van der Waals surface area contributed by atoms with E-state index in [1.54, 1.807) is 0 Å². The third kappa shape index (κ3) is 9.78. The Bertz CT molecular complexity index is 5640. The van der Waals surface area contributed by atoms with E-state index in [-0.39, 0.29) is 33.8 Å². The number of benzene rings is 12. The Balaban J connectivity index is 1.05. The van der Waals surface area contributed by atoms with E-state index in [0.717, 1.165) is 128 Å². The van der Waals surface area contributed by atoms with Gasteiger partial charge in [0.15, 0.2) is 0 Å². The van der Waals surface area contributed by atoms with Crippen LogP contribution in [0.3, 0.4) is 0 Å². The van der Waals surface area contributed by atoms with Crippen molar-refractivity contribution in [1.29, 1.82) is 0 Å². The lowest BCUT2D eigenvalue weighted by molar-refractivity contribution is 0.485. The number of para-hydroxylation sites is 1. The number of aromatic nitrogens is 2. The fraction of sp³-hybridized carbons (Fsp3) is 0.217. The van der Waals surface area contributed by atoms with Gasteiger partial charge < -0.3 is 23.2 Å². The van der Waals surface area contributed by atoms with E-state index in [2.05, 4.69) is 354 Å². The molecule has 3 aromatic heterocycles. The maximum atomic E-state index is 8.22. The van der Waals surface area contributed by atoms with E-state index in [1.165, 1.54) is 54.8 Å². The summed E-state index contributed by atoms with van der Waals surface area (Å²) >= 11 is 0. The van der Waals surface area contributed by atoms with Crippen molar-refractivity contribution in [3.63, 3.8) is 0 Å². The molecule has 17 rings (SSSR count). The van der Waals surface area contributed by atoms with Crippen molar-refractivity contribution in [2.24, 2.45) is 0 Å². The molecule has 0 radical (unpaired) electrons. The van der Waals surface area contributed by atoms with Crippen molar-refractivity contribution in [3.05, 3.63) is 264 Å². The van der Waals surface area contributed by atoms with Crippen molar-refractivity contribution >= 4 is 106 Å². The Hall–Kier alpha value is -10.3. The molecule has 0 atom stereocenters. The Morgan fingerprint density at radius 3 is 1.34 bits per heavy atom. The zero-order valence-corrected chi connectivity index (χ0v) is 59.3. The largest absolute Gasteiger partial charge is 0.456 e. The summed E-state index contributed by atoms with van der Waals surface area (Å²) in [6.45, 7) is 34.5. The van der Waals surface area contributed by atoms with Gasteiger partial charge in [-0.3, -0.25) is 0 Å². The van der Waals surface area contributed by atoms with Crippen LogP contribution in [0.15, 0.2) is 241 Å². The van der Waals surface area contributed by atoms with Crippen LogP contribution < -0.4 is 26.0 Å². The molecule has 0 amide bonds. The molecule has 12 aromatic carbocycles. The van der Waals surface area contributed by atoms with Gasteiger partial charge in [0, 0.05) is 49.6 Å². The van der Waals surface area contributed by atoms with E-state index in [9.17, 15) is 0 Å². The lowest BCUT2D eigenvalue weighted by Gasteiger charge is -2.42. The first-order valence-corrected chi connectivity index (χ1v) is 35.1. The summed E-state index contributed by atoms with van der Waals surface area (Å²) < 4.78 is 20.3. The topological polar surface area (TPSA) is 35.5 Å². The van der Waals surface area contributed by atoms with Gasteiger partial charge in [-0.15, -0.1) is 0 Å². The first-order valence-electron chi connectivity index (χ1n) is 35.1. The van der Waals surface area contributed by atoms with Crippen LogP contribution >= 0.6 is 0 Å². The predicted molar refractivity (Wildman–Crippen MR) is 418 cm³/mol. The van der Waals surface area contributed by atoms with Gasteiger partial charge in [0.1, 0.15) is 22.7 Å². The minimum absolute atomic E-state index is 0.0337. The summed E-state index contributed by atoms with van der Waals surface area (Å²) in [6.07, 6.45) is 0. The average Bonchev–Trinajstić information content (AvgIpc) is 1.28. The quantitative estimate of drug-likeness (QED) is 0.156. The minimum atomic E-state index is -0.337. The number of rotatable bonds is 6. The highest BCUT2D eigenvalue weighted by Crippen LogP contribution is 2.53. The highest BCUT2D eigenvalue weighted by atomic mass is 16.5. The van der Waals surface area contributed by atoms with Gasteiger partial charge in [0.2, 0.25) is 0 Å². The average molecular weight is 1270 g/mol. The lowest BCUT2D eigenvalue weighted by Crippen LogP contribution is -2.59. The third-order valence-corrected chi connectivity index (χ3v) is 21.3. The van der Waals surface area contributed by atoms with Crippen LogP contribution in [0.5, 0.6) is 11.5 Å². The van der Waals surface area contributed by atoms with Gasteiger partial charge in [0.25, 0.3) is 6.71 Å². The Kier molecular flexibility index (Phi) is 13.5. The maximum Gasteiger partial charge on any atom is 0.256 e. The monoisotopic (exact) mass is 1270 g/mol. The Labute approximate surface area is 577 Å². The van der Waals surface area contributed by atoms with E-state index in [0.29, 0.717) is 0 Å². The Morgan fingerprint density at radius 2 is 0.796 bits per heavy atom. The van der Waals surface area contributed by atoms with Crippen molar-refractivity contribution in [3.8, 4) is 56.3 Å². The summed E-state index contributed by atoms with van der Waals surface area (Å²) in [5.41, 5.74) is 27.7. The van der Waals surface area contributed by atoms with Crippen molar-refractivity contribution in [2.45, 2.75) is 131 Å². The molecule has 6 heteroatoms. The third-order valence-electron chi connectivity index (χ3n) is 21.3. The molecule has 0 aliphatic carbocycles. The molecule has 5 heterocycles. The minimum Gasteiger partial charge on any atom is -0.456 e. The molecule has 0 bridgehead atoms. The molecule has 15 aromatic rings. The fourth-order valence-corrected chi connectivity index (χ4v) is 15.8. The number of nitrogens with zero attached hydrogens (tertiary/aromatic N) is 3. The molecule has 0 fully saturated rings. The molecule has 482 valence electrons. The fourth-order valence-electron chi connectivity index (χ4n) is 15.8. The molecule has 0 saturated carbocycles. The molecule has 5 nitrogen and oxygen atoms in total. The highest BCUT2D eigenvalue weighted by Gasteiger charge is 2.45. The second-order valence-electron chi connectivity index (χ2n) is 33.0. The number of ether oxygens (including phenoxy) is 1. The molecule has 0 N–H and O–H groups in total. The summed E-state index contributed by atoms with van der Waals surface area (Å²) in [5.74, 6) is 1.65. The first-order chi connectivity index (χ1) is 46.7. The number of furan rings is 1. The molecule has 0 saturated heterocycles. The summed E-state index contributed by atoms with van der Waals surface area (Å²) in [5, 5.41) is 7.05. The molecular formula is C92H84BN3O2. The van der Waals surface area contributed by atoms with E-state index < -0.39 is 0 Å². The van der Waals surface area contributed by atoms with Crippen LogP contribution in [0, 0.1) is 0 Å². The van der Waals surface area contributed by atoms with E-state index in [1.807, 2.05) is 0 Å². The Morgan fingerprint density at radius 1 is 0.316 bits per heavy atom. The number of fused-ring (bicyclic) bond motifs is 13. The molecule has 2 aliphatic heterocycles. The summed E-state index contributed by atoms with van der Waals surface area (Å²) in [6, 6.07) is 89.9. The highest BCUT2D eigenvalue weighted by molar-refractivity contribution is 6.99. The first kappa shape index (κ1) is 61.3. The van der Waals surface area contributed by atoms with Crippen LogP contribution in [-0.4, -0.2) is 15.8 Å². The molecule has 98 heavy (non-hydrogen) atoms. The second kappa shape index (κ2) is 21.6. The second-order valence-corrected chi connectivity index (χ2v) is 33.0. The van der Waals surface area contributed by atoms with Crippen LogP contribution in [0.4, 0.5) is 17.1 Å². The zero-order valence-electron chi connectivity index (χ0n) is 59.3. The molecule has 0 spiro atoms. The van der Waals surface area contributed by atoms with Crippen LogP contribution in [-0.2, 0) is 27.1 Å². The summed E-state index contributed by atoms with van der Waals surface area (Å²) in [4.78, 5) is 2.58. The lowest BCUT2D eigenvalue weighted by atomic mass is 9.34. The standard InChI is InChI=1S/C92H84BN3O2/c1-88(2,3)60-33-30-56(31-34-60)59-47-79-85-83(48-59)98-87-73(93(85)72-46-58(55-24-18-16-19-25-55)32-40-78(72)96(79)86-66(57-26-20-17-21-27-57)39-45-82-84(86)67-28-22-23-29-81(67)97-82)53-65(94-74-41-35-61(89(4,5)6)49-68(74)69-50-62(90(7,8)9)36-42-75(69)94)54-80(87)95-76-43-37-63(91(10,11)12)51-70(76)71-52-64(92(13,14)15)38-44-77(71)95/h16-54H,1-15H3. The maximum absolute atomic E-state index is 8.22. The van der Waals surface area contributed by atoms with Gasteiger partial charge >= 0.3 is 0 Å². The van der Waals surface area contributed by atoms with Gasteiger partial charge in [-0.25, -0.2) is 0 Å². The zero-order chi connectivity index (χ0) is 67.9. The van der Waals surface area contributed by atoms with Gasteiger partial charge in [0.05, 0.1) is 38.8 Å². The molecular weight excluding hydrogens is 1190 g/mol. The predicted octanol–water partition coefficient (Wildman–Crippen LogP) is 23.7. The molecule has 0 unspecified atom stereocenters. The van der Waals surface area contributed by atoms with Crippen LogP contribution in [0.25, 0.3) is 110 Å². The van der Waals surface area contributed by atoms with Gasteiger partial charge in [-0.2, -0.15) is 0 Å². The molecule has 2 aliphatic rings. The summed E-state index contributed by atoms with van der Waals surface area (Å²) in [7, 11) is 0. The number of hydrogen-bond donors (Lipinski definition) is 0. The smallest absolute Gasteiger partial charge is 0.256 e. The number of anilines is 3. The van der Waals surface area contributed by atoms with Crippen LogP contribution in [0.1, 0.15) is 132 Å². The SMILES string of the molecule is CC(C)(C)c1ccc(-c2cc3c4c(c2)N(c2c(-c5ccccc5)ccc5oc6ccccc6c25)c2ccc(-c5ccccc5)cc2B4c2cc(-n4c5ccc(C(C)(C)C)cc5c5cc(C(C)(C)C)ccc54)cc(-n4c5ccc(C(C)(C)C)cc5c5cc(C(C)(C)C)ccc54)c2O3)cc1. The van der Waals surface area contributed by atoms with Gasteiger partial charge in [-0.1, -0.05) is 243 Å². The van der Waals surface area contributed by atoms with E-state index >= 15 is 0 Å². The van der Waals surface area contributed by atoms with Crippen LogP contribution in [0.2, 0.25) is 0 Å². The van der Waals surface area contributed by atoms with Gasteiger partial charge in [-0.05, 0) is 196 Å². The normalized spacial score (nSPS) is 13.5.